The Hall–Kier alpha value is -4.07. The number of aromatic nitrogens is 5. The normalized spacial score (nSPS) is 14.4. The zero-order chi connectivity index (χ0) is 23.7. The van der Waals surface area contributed by atoms with Gasteiger partial charge in [-0.05, 0) is 37.8 Å². The number of hydrogen-bond donors (Lipinski definition) is 2. The number of pyridine rings is 1. The zero-order valence-electron chi connectivity index (χ0n) is 19.1. The smallest absolute Gasteiger partial charge is 0.313 e. The van der Waals surface area contributed by atoms with Gasteiger partial charge in [0.15, 0.2) is 11.6 Å². The summed E-state index contributed by atoms with van der Waals surface area (Å²) < 4.78 is 5.73. The maximum absolute atomic E-state index is 11.5. The van der Waals surface area contributed by atoms with Gasteiger partial charge < -0.3 is 14.8 Å². The molecule has 0 aliphatic heterocycles. The van der Waals surface area contributed by atoms with Crippen LogP contribution in [0.15, 0.2) is 55.1 Å². The second-order valence-corrected chi connectivity index (χ2v) is 8.82. The molecule has 5 rings (SSSR count). The van der Waals surface area contributed by atoms with E-state index in [1.54, 1.807) is 24.8 Å². The van der Waals surface area contributed by atoms with Gasteiger partial charge in [-0.25, -0.2) is 19.9 Å². The van der Waals surface area contributed by atoms with Crippen molar-refractivity contribution in [2.75, 3.05) is 6.61 Å². The Morgan fingerprint density at radius 1 is 1.00 bits per heavy atom. The Bertz CT molecular complexity index is 1340. The number of aromatic amines is 1. The number of aliphatic carboxylic acids is 1. The molecule has 1 aliphatic carbocycles. The van der Waals surface area contributed by atoms with Crippen molar-refractivity contribution in [3.05, 3.63) is 66.2 Å². The Kier molecular flexibility index (Phi) is 5.57. The molecule has 2 N–H and O–H groups in total. The van der Waals surface area contributed by atoms with E-state index in [1.807, 2.05) is 31.2 Å². The summed E-state index contributed by atoms with van der Waals surface area (Å²) in [5, 5.41) is 9.46. The van der Waals surface area contributed by atoms with Crippen LogP contribution in [0.25, 0.3) is 34.0 Å². The molecule has 1 fully saturated rings. The van der Waals surface area contributed by atoms with Gasteiger partial charge in [0, 0.05) is 41.3 Å². The molecule has 8 nitrogen and oxygen atoms in total. The molecular weight excluding hydrogens is 430 g/mol. The first-order chi connectivity index (χ1) is 16.4. The van der Waals surface area contributed by atoms with E-state index in [2.05, 4.69) is 37.9 Å². The standard InChI is InChI=1S/C26H25N5O3/c1-16-6-3-4-7-19(16)21-14-30-24(31-21)23-28-11-18(12-29-23)20-13-27-22(10-17(20)2)34-15-26(25(32)33)8-5-9-26/h3-4,6-7,10-14H,5,8-9,15H2,1-2H3,(H,30,31)(H,32,33). The molecule has 0 saturated heterocycles. The van der Waals surface area contributed by atoms with Crippen molar-refractivity contribution in [2.24, 2.45) is 5.41 Å². The van der Waals surface area contributed by atoms with Gasteiger partial charge in [0.05, 0.1) is 11.9 Å². The van der Waals surface area contributed by atoms with Crippen LogP contribution in [0.5, 0.6) is 5.88 Å². The zero-order valence-corrected chi connectivity index (χ0v) is 19.1. The van der Waals surface area contributed by atoms with E-state index in [1.165, 1.54) is 0 Å². The van der Waals surface area contributed by atoms with E-state index < -0.39 is 11.4 Å². The molecule has 0 bridgehead atoms. The SMILES string of the molecule is Cc1cc(OCC2(C(=O)O)CCC2)ncc1-c1cnc(-c2ncc(-c3ccccc3C)[nH]2)nc1. The summed E-state index contributed by atoms with van der Waals surface area (Å²) in [5.41, 5.74) is 5.05. The molecule has 0 atom stereocenters. The molecule has 0 radical (unpaired) electrons. The predicted octanol–water partition coefficient (Wildman–Crippen LogP) is 4.85. The number of H-pyrrole nitrogens is 1. The molecule has 1 saturated carbocycles. The number of nitrogens with one attached hydrogen (secondary N) is 1. The maximum Gasteiger partial charge on any atom is 0.313 e. The van der Waals surface area contributed by atoms with Crippen LogP contribution in [-0.4, -0.2) is 42.6 Å². The largest absolute Gasteiger partial charge is 0.481 e. The van der Waals surface area contributed by atoms with Gasteiger partial charge in [-0.1, -0.05) is 30.7 Å². The van der Waals surface area contributed by atoms with Crippen molar-refractivity contribution in [1.29, 1.82) is 0 Å². The molecular formula is C26H25N5O3. The second-order valence-electron chi connectivity index (χ2n) is 8.82. The molecule has 0 amide bonds. The van der Waals surface area contributed by atoms with Crippen LogP contribution in [0.2, 0.25) is 0 Å². The van der Waals surface area contributed by atoms with Gasteiger partial charge in [-0.2, -0.15) is 0 Å². The monoisotopic (exact) mass is 455 g/mol. The summed E-state index contributed by atoms with van der Waals surface area (Å²) in [6, 6.07) is 9.93. The lowest BCUT2D eigenvalue weighted by Crippen LogP contribution is -2.43. The quantitative estimate of drug-likeness (QED) is 0.410. The Balaban J connectivity index is 1.31. The highest BCUT2D eigenvalue weighted by molar-refractivity contribution is 5.76. The first kappa shape index (κ1) is 21.8. The number of hydrogen-bond acceptors (Lipinski definition) is 6. The number of imidazole rings is 1. The molecule has 0 unspecified atom stereocenters. The number of ether oxygens (including phenoxy) is 1. The molecule has 8 heteroatoms. The summed E-state index contributed by atoms with van der Waals surface area (Å²) >= 11 is 0. The molecule has 0 spiro atoms. The first-order valence-electron chi connectivity index (χ1n) is 11.2. The summed E-state index contributed by atoms with van der Waals surface area (Å²) in [6.07, 6.45) is 9.20. The van der Waals surface area contributed by atoms with Crippen molar-refractivity contribution in [3.63, 3.8) is 0 Å². The number of benzene rings is 1. The average Bonchev–Trinajstić information content (AvgIpc) is 3.29. The van der Waals surface area contributed by atoms with Crippen LogP contribution in [0.4, 0.5) is 0 Å². The Morgan fingerprint density at radius 3 is 2.41 bits per heavy atom. The van der Waals surface area contributed by atoms with Crippen LogP contribution in [-0.2, 0) is 4.79 Å². The third kappa shape index (κ3) is 4.03. The predicted molar refractivity (Wildman–Crippen MR) is 127 cm³/mol. The van der Waals surface area contributed by atoms with Crippen LogP contribution in [0.1, 0.15) is 30.4 Å². The van der Waals surface area contributed by atoms with E-state index in [9.17, 15) is 9.90 Å². The minimum absolute atomic E-state index is 0.138. The lowest BCUT2D eigenvalue weighted by atomic mass is 9.69. The van der Waals surface area contributed by atoms with Crippen LogP contribution in [0, 0.1) is 19.3 Å². The van der Waals surface area contributed by atoms with E-state index >= 15 is 0 Å². The summed E-state index contributed by atoms with van der Waals surface area (Å²) in [6.45, 7) is 4.15. The fourth-order valence-electron chi connectivity index (χ4n) is 4.18. The Morgan fingerprint density at radius 2 is 1.76 bits per heavy atom. The number of rotatable bonds is 7. The molecule has 1 aliphatic rings. The van der Waals surface area contributed by atoms with Crippen molar-refractivity contribution in [2.45, 2.75) is 33.1 Å². The number of carboxylic acids is 1. The van der Waals surface area contributed by atoms with Gasteiger partial charge in [0.25, 0.3) is 0 Å². The van der Waals surface area contributed by atoms with Gasteiger partial charge in [-0.3, -0.25) is 4.79 Å². The highest BCUT2D eigenvalue weighted by atomic mass is 16.5. The average molecular weight is 456 g/mol. The van der Waals surface area contributed by atoms with Gasteiger partial charge in [-0.15, -0.1) is 0 Å². The lowest BCUT2D eigenvalue weighted by Gasteiger charge is -2.36. The highest BCUT2D eigenvalue weighted by Gasteiger charge is 2.45. The van der Waals surface area contributed by atoms with Gasteiger partial charge in [0.1, 0.15) is 12.0 Å². The van der Waals surface area contributed by atoms with Crippen molar-refractivity contribution < 1.29 is 14.6 Å². The molecule has 1 aromatic carbocycles. The number of carboxylic acid groups (broad SMARTS) is 1. The third-order valence-electron chi connectivity index (χ3n) is 6.53. The van der Waals surface area contributed by atoms with Crippen molar-refractivity contribution in [1.82, 2.24) is 24.9 Å². The van der Waals surface area contributed by atoms with E-state index in [0.29, 0.717) is 30.4 Å². The van der Waals surface area contributed by atoms with Crippen molar-refractivity contribution >= 4 is 5.97 Å². The molecule has 34 heavy (non-hydrogen) atoms. The van der Waals surface area contributed by atoms with E-state index in [-0.39, 0.29) is 6.61 Å². The minimum Gasteiger partial charge on any atom is -0.481 e. The van der Waals surface area contributed by atoms with E-state index in [0.717, 1.165) is 39.9 Å². The van der Waals surface area contributed by atoms with Crippen LogP contribution < -0.4 is 4.74 Å². The summed E-state index contributed by atoms with van der Waals surface area (Å²) in [4.78, 5) is 32.6. The minimum atomic E-state index is -0.799. The molecule has 3 heterocycles. The lowest BCUT2D eigenvalue weighted by molar-refractivity contribution is -0.157. The molecule has 3 aromatic heterocycles. The van der Waals surface area contributed by atoms with Gasteiger partial charge in [0.2, 0.25) is 5.88 Å². The first-order valence-corrected chi connectivity index (χ1v) is 11.2. The molecule has 4 aromatic rings. The van der Waals surface area contributed by atoms with Crippen LogP contribution >= 0.6 is 0 Å². The molecule has 172 valence electrons. The fraction of sp³-hybridized carbons (Fsp3) is 0.269. The second kappa shape index (κ2) is 8.70. The van der Waals surface area contributed by atoms with Gasteiger partial charge >= 0.3 is 5.97 Å². The van der Waals surface area contributed by atoms with Crippen molar-refractivity contribution in [3.8, 4) is 39.9 Å². The summed E-state index contributed by atoms with van der Waals surface area (Å²) in [7, 11) is 0. The summed E-state index contributed by atoms with van der Waals surface area (Å²) in [5.74, 6) is 0.734. The Labute approximate surface area is 197 Å². The highest BCUT2D eigenvalue weighted by Crippen LogP contribution is 2.41. The van der Waals surface area contributed by atoms with E-state index in [4.69, 9.17) is 4.74 Å². The number of carbonyl (C=O) groups is 1. The van der Waals surface area contributed by atoms with Crippen LogP contribution in [0.3, 0.4) is 0 Å². The number of nitrogens with zero attached hydrogens (tertiary/aromatic N) is 4. The maximum atomic E-state index is 11.5. The topological polar surface area (TPSA) is 114 Å². The third-order valence-corrected chi connectivity index (χ3v) is 6.53. The fourth-order valence-corrected chi connectivity index (χ4v) is 4.18. The number of aryl methyl sites for hydroxylation is 2.